The fourth-order valence-electron chi connectivity index (χ4n) is 5.46. The molecule has 0 spiro atoms. The number of rotatable bonds is 20. The first-order valence-electron chi connectivity index (χ1n) is 18.0. The van der Waals surface area contributed by atoms with Crippen LogP contribution in [0.1, 0.15) is 65.9 Å². The van der Waals surface area contributed by atoms with Crippen molar-refractivity contribution in [3.63, 3.8) is 0 Å². The minimum absolute atomic E-state index is 0.000781. The van der Waals surface area contributed by atoms with Crippen LogP contribution >= 0.6 is 11.8 Å². The molecule has 1 saturated heterocycles. The highest BCUT2D eigenvalue weighted by Crippen LogP contribution is 2.24. The van der Waals surface area contributed by atoms with Crippen LogP contribution in [-0.2, 0) is 35.2 Å². The number of nitrogens with one attached hydrogen (secondary N) is 5. The Morgan fingerprint density at radius 3 is 2.15 bits per heavy atom. The monoisotopic (exact) mass is 778 g/mol. The summed E-state index contributed by atoms with van der Waals surface area (Å²) in [6, 6.07) is -0.669. The minimum Gasteiger partial charge on any atom is -0.508 e. The number of nitrogens with two attached hydrogens (primary N) is 3. The summed E-state index contributed by atoms with van der Waals surface area (Å²) in [6.07, 6.45) is 1.53. The van der Waals surface area contributed by atoms with Crippen molar-refractivity contribution in [2.75, 3.05) is 32.0 Å². The van der Waals surface area contributed by atoms with Gasteiger partial charge in [0, 0.05) is 36.6 Å². The van der Waals surface area contributed by atoms with Gasteiger partial charge in [-0.3, -0.25) is 33.8 Å². The van der Waals surface area contributed by atoms with Crippen molar-refractivity contribution in [1.29, 1.82) is 0 Å². The van der Waals surface area contributed by atoms with Crippen molar-refractivity contribution in [3.05, 3.63) is 29.8 Å². The summed E-state index contributed by atoms with van der Waals surface area (Å²) in [6.45, 7) is 9.26. The van der Waals surface area contributed by atoms with E-state index < -0.39 is 72.4 Å². The molecule has 1 aliphatic rings. The number of hydrogen-bond acceptors (Lipinski definition) is 11. The zero-order valence-electron chi connectivity index (χ0n) is 31.7. The molecule has 0 unspecified atom stereocenters. The maximum atomic E-state index is 13.9. The van der Waals surface area contributed by atoms with Crippen molar-refractivity contribution < 1.29 is 39.0 Å². The third-order valence-corrected chi connectivity index (χ3v) is 9.73. The number of likely N-dealkylation sites (N-methyl/N-ethyl adjacent to an activating group) is 1. The average molecular weight is 779 g/mol. The number of amides is 6. The number of aliphatic hydroxyl groups excluding tert-OH is 1. The molecule has 6 amide bonds. The van der Waals surface area contributed by atoms with Gasteiger partial charge in [0.15, 0.2) is 5.96 Å². The highest BCUT2D eigenvalue weighted by molar-refractivity contribution is 8.00. The highest BCUT2D eigenvalue weighted by atomic mass is 32.2. The van der Waals surface area contributed by atoms with Gasteiger partial charge in [0.1, 0.15) is 42.0 Å². The Kier molecular flexibility index (Phi) is 18.5. The maximum Gasteiger partial charge on any atom is 0.245 e. The van der Waals surface area contributed by atoms with E-state index in [4.69, 9.17) is 17.2 Å². The van der Waals surface area contributed by atoms with E-state index in [-0.39, 0.29) is 47.5 Å². The molecule has 0 aromatic heterocycles. The van der Waals surface area contributed by atoms with Crippen LogP contribution in [0, 0.1) is 0 Å². The maximum absolute atomic E-state index is 13.9. The lowest BCUT2D eigenvalue weighted by atomic mass is 10.0. The third kappa shape index (κ3) is 15.4. The van der Waals surface area contributed by atoms with Gasteiger partial charge in [0.25, 0.3) is 0 Å². The highest BCUT2D eigenvalue weighted by Gasteiger charge is 2.38. The van der Waals surface area contributed by atoms with Crippen molar-refractivity contribution in [2.24, 2.45) is 22.2 Å². The van der Waals surface area contributed by atoms with Crippen LogP contribution < -0.4 is 43.8 Å². The summed E-state index contributed by atoms with van der Waals surface area (Å²) < 4.78 is -0.317. The van der Waals surface area contributed by atoms with Crippen molar-refractivity contribution in [1.82, 2.24) is 31.5 Å². The molecular weight excluding hydrogens is 721 g/mol. The van der Waals surface area contributed by atoms with Gasteiger partial charge in [0.05, 0.1) is 6.61 Å². The van der Waals surface area contributed by atoms with Crippen LogP contribution in [0.25, 0.3) is 0 Å². The number of aromatic hydroxyl groups is 1. The number of carbonyl (C=O) groups excluding carboxylic acids is 6. The molecule has 0 saturated carbocycles. The molecule has 0 aliphatic carbocycles. The Labute approximate surface area is 320 Å². The SMILES string of the molecule is CCNC(=O)[C@@H]1CCCN1C(=O)[C@H](CCCN=C(N)N)NC(=O)[C@H](CSC(C)(C)C)NC(=O)[C@@H](C)NC(=O)[C@H](Cc1ccc(O)cc1)NC(=O)[C@@H](N)CO. The first kappa shape index (κ1) is 45.5. The summed E-state index contributed by atoms with van der Waals surface area (Å²) in [4.78, 5) is 85.6. The summed E-state index contributed by atoms with van der Waals surface area (Å²) in [7, 11) is 0. The van der Waals surface area contributed by atoms with Crippen LogP contribution in [0.15, 0.2) is 29.3 Å². The molecule has 1 fully saturated rings. The number of phenols is 1. The van der Waals surface area contributed by atoms with E-state index in [0.717, 1.165) is 0 Å². The standard InChI is InChI=1S/C35H58N10O8S/c1-6-39-32(52)27-10-8-16-45(27)33(53)24(9-7-15-40-34(37)38)42-31(51)26(19-54-35(3,4)5)44-28(48)20(2)41-30(50)25(43-29(49)23(36)18-46)17-21-11-13-22(47)14-12-21/h11-14,20,23-27,46-47H,6-10,15-19,36H2,1-5H3,(H,39,52)(H,41,50)(H,42,51)(H,43,49)(H,44,48)(H4,37,38,40)/t20-,23+,24+,25+,26+,27+/m1/s1. The first-order chi connectivity index (χ1) is 25.4. The van der Waals surface area contributed by atoms with E-state index >= 15 is 0 Å². The lowest BCUT2D eigenvalue weighted by Crippen LogP contribution is -2.60. The van der Waals surface area contributed by atoms with Crippen molar-refractivity contribution >= 4 is 53.2 Å². The van der Waals surface area contributed by atoms with Gasteiger partial charge in [-0.2, -0.15) is 11.8 Å². The minimum atomic E-state index is -1.30. The molecule has 18 nitrogen and oxygen atoms in total. The Hall–Kier alpha value is -4.62. The van der Waals surface area contributed by atoms with Gasteiger partial charge >= 0.3 is 0 Å². The topological polar surface area (TPSA) is 297 Å². The normalized spacial score (nSPS) is 16.9. The van der Waals surface area contributed by atoms with Gasteiger partial charge in [-0.25, -0.2) is 0 Å². The van der Waals surface area contributed by atoms with Crippen molar-refractivity contribution in [3.8, 4) is 5.75 Å². The number of thioether (sulfide) groups is 1. The predicted octanol–water partition coefficient (Wildman–Crippen LogP) is -2.07. The lowest BCUT2D eigenvalue weighted by Gasteiger charge is -2.30. The van der Waals surface area contributed by atoms with Gasteiger partial charge in [-0.1, -0.05) is 32.9 Å². The van der Waals surface area contributed by atoms with E-state index in [1.54, 1.807) is 19.1 Å². The quantitative estimate of drug-likeness (QED) is 0.0388. The van der Waals surface area contributed by atoms with Crippen LogP contribution in [0.2, 0.25) is 0 Å². The van der Waals surface area contributed by atoms with Gasteiger partial charge in [-0.15, -0.1) is 0 Å². The van der Waals surface area contributed by atoms with Crippen LogP contribution in [0.3, 0.4) is 0 Å². The first-order valence-corrected chi connectivity index (χ1v) is 19.0. The Balaban J connectivity index is 2.28. The average Bonchev–Trinajstić information content (AvgIpc) is 3.61. The van der Waals surface area contributed by atoms with E-state index in [9.17, 15) is 39.0 Å². The zero-order valence-corrected chi connectivity index (χ0v) is 32.5. The molecule has 19 heteroatoms. The summed E-state index contributed by atoms with van der Waals surface area (Å²) in [5.41, 5.74) is 17.1. The van der Waals surface area contributed by atoms with Crippen molar-refractivity contribution in [2.45, 2.75) is 108 Å². The molecule has 54 heavy (non-hydrogen) atoms. The van der Waals surface area contributed by atoms with Crippen LogP contribution in [-0.4, -0.2) is 130 Å². The Bertz CT molecular complexity index is 1470. The van der Waals surface area contributed by atoms with Crippen LogP contribution in [0.5, 0.6) is 5.75 Å². The molecule has 13 N–H and O–H groups in total. The number of likely N-dealkylation sites (tertiary alicyclic amines) is 1. The van der Waals surface area contributed by atoms with E-state index in [1.165, 1.54) is 35.7 Å². The number of phenolic OH excluding ortho intramolecular Hbond substituents is 1. The number of aliphatic imine (C=N–C) groups is 1. The third-order valence-electron chi connectivity index (χ3n) is 8.36. The molecule has 302 valence electrons. The zero-order chi connectivity index (χ0) is 40.6. The molecular formula is C35H58N10O8S. The largest absolute Gasteiger partial charge is 0.508 e. The predicted molar refractivity (Wildman–Crippen MR) is 206 cm³/mol. The second-order valence-electron chi connectivity index (χ2n) is 14.0. The Morgan fingerprint density at radius 1 is 0.944 bits per heavy atom. The van der Waals surface area contributed by atoms with E-state index in [2.05, 4.69) is 31.6 Å². The number of hydrogen-bond donors (Lipinski definition) is 10. The summed E-state index contributed by atoms with van der Waals surface area (Å²) in [5.74, 6) is -3.64. The van der Waals surface area contributed by atoms with Gasteiger partial charge in [0.2, 0.25) is 35.4 Å². The Morgan fingerprint density at radius 2 is 1.56 bits per heavy atom. The molecule has 0 bridgehead atoms. The fraction of sp³-hybridized carbons (Fsp3) is 0.629. The number of benzene rings is 1. The van der Waals surface area contributed by atoms with E-state index in [1.807, 2.05) is 20.8 Å². The lowest BCUT2D eigenvalue weighted by molar-refractivity contribution is -0.142. The summed E-state index contributed by atoms with van der Waals surface area (Å²) >= 11 is 1.40. The molecule has 1 aromatic carbocycles. The van der Waals surface area contributed by atoms with Gasteiger partial charge in [-0.05, 0) is 57.2 Å². The smallest absolute Gasteiger partial charge is 0.245 e. The number of carbonyl (C=O) groups is 6. The summed E-state index contributed by atoms with van der Waals surface area (Å²) in [5, 5.41) is 32.3. The second kappa shape index (κ2) is 21.9. The fourth-order valence-corrected chi connectivity index (χ4v) is 6.36. The molecule has 2 rings (SSSR count). The number of aliphatic hydroxyl groups is 1. The van der Waals surface area contributed by atoms with Crippen LogP contribution in [0.4, 0.5) is 0 Å². The molecule has 0 radical (unpaired) electrons. The molecule has 1 heterocycles. The second-order valence-corrected chi connectivity index (χ2v) is 15.9. The molecule has 6 atom stereocenters. The molecule has 1 aliphatic heterocycles. The molecule has 1 aromatic rings. The van der Waals surface area contributed by atoms with Gasteiger partial charge < -0.3 is 58.9 Å². The van der Waals surface area contributed by atoms with E-state index in [0.29, 0.717) is 37.9 Å². The number of guanidine groups is 1. The number of nitrogens with zero attached hydrogens (tertiary/aromatic N) is 2.